The molecule has 7 atom stereocenters. The number of rotatable bonds is 1. The zero-order valence-electron chi connectivity index (χ0n) is 15.1. The number of hydrogen-bond acceptors (Lipinski definition) is 2. The summed E-state index contributed by atoms with van der Waals surface area (Å²) in [4.78, 5) is 24.1. The molecule has 0 amide bonds. The lowest BCUT2D eigenvalue weighted by Gasteiger charge is -2.60. The normalized spacial score (nSPS) is 52.5. The summed E-state index contributed by atoms with van der Waals surface area (Å²) in [5.41, 5.74) is 0.660. The highest BCUT2D eigenvalue weighted by Crippen LogP contribution is 2.67. The second-order valence-electron chi connectivity index (χ2n) is 9.68. The van der Waals surface area contributed by atoms with Crippen LogP contribution in [0.5, 0.6) is 0 Å². The Morgan fingerprint density at radius 2 is 1.70 bits per heavy atom. The summed E-state index contributed by atoms with van der Waals surface area (Å²) in [7, 11) is 0. The Morgan fingerprint density at radius 1 is 0.957 bits per heavy atom. The van der Waals surface area contributed by atoms with Crippen LogP contribution in [0.1, 0.15) is 78.6 Å². The first-order valence-electron chi connectivity index (χ1n) is 9.88. The van der Waals surface area contributed by atoms with Crippen LogP contribution >= 0.6 is 0 Å². The molecular formula is C21H32O2. The summed E-state index contributed by atoms with van der Waals surface area (Å²) in [6.07, 6.45) is 10.3. The first-order valence-corrected chi connectivity index (χ1v) is 9.88. The highest BCUT2D eigenvalue weighted by molar-refractivity contribution is 5.80. The molecule has 0 radical (unpaired) electrons. The monoisotopic (exact) mass is 316 g/mol. The Labute approximate surface area is 140 Å². The quantitative estimate of drug-likeness (QED) is 0.696. The van der Waals surface area contributed by atoms with Gasteiger partial charge < -0.3 is 0 Å². The predicted octanol–water partition coefficient (Wildman–Crippen LogP) is 4.80. The van der Waals surface area contributed by atoms with Gasteiger partial charge in [-0.1, -0.05) is 13.8 Å². The molecule has 2 heteroatoms. The molecule has 0 spiro atoms. The molecule has 2 nitrogen and oxygen atoms in total. The average Bonchev–Trinajstić information content (AvgIpc) is 2.85. The first kappa shape index (κ1) is 15.8. The van der Waals surface area contributed by atoms with Gasteiger partial charge in [-0.05, 0) is 86.4 Å². The molecule has 128 valence electrons. The second-order valence-corrected chi connectivity index (χ2v) is 9.68. The minimum absolute atomic E-state index is 0.265. The molecule has 0 aromatic carbocycles. The largest absolute Gasteiger partial charge is 0.300 e. The molecule has 4 saturated carbocycles. The lowest BCUT2D eigenvalue weighted by molar-refractivity contribution is -0.143. The summed E-state index contributed by atoms with van der Waals surface area (Å²) < 4.78 is 0. The third-order valence-corrected chi connectivity index (χ3v) is 8.97. The van der Waals surface area contributed by atoms with Gasteiger partial charge >= 0.3 is 0 Å². The van der Waals surface area contributed by atoms with E-state index in [2.05, 4.69) is 13.8 Å². The Bertz CT molecular complexity index is 538. The maximum atomic E-state index is 12.2. The van der Waals surface area contributed by atoms with Crippen LogP contribution in [-0.4, -0.2) is 11.6 Å². The molecule has 0 aromatic heterocycles. The maximum Gasteiger partial charge on any atom is 0.133 e. The standard InChI is InChI=1S/C21H32O2/c1-13(22)17-6-7-18-16-5-4-14-12-15(23)8-10-20(14,2)19(16)9-11-21(17,18)3/h14,16-19H,4-12H2,1-3H3/t14?,16-,17+,18-,19-,20-,21+/m0/s1. The molecule has 0 aromatic rings. The van der Waals surface area contributed by atoms with Gasteiger partial charge in [0, 0.05) is 18.8 Å². The van der Waals surface area contributed by atoms with Crippen LogP contribution in [0.15, 0.2) is 0 Å². The molecule has 4 aliphatic rings. The van der Waals surface area contributed by atoms with Crippen LogP contribution < -0.4 is 0 Å². The van der Waals surface area contributed by atoms with E-state index in [0.29, 0.717) is 28.8 Å². The van der Waals surface area contributed by atoms with Crippen molar-refractivity contribution in [3.63, 3.8) is 0 Å². The molecule has 0 N–H and O–H groups in total. The molecule has 4 rings (SSSR count). The van der Waals surface area contributed by atoms with E-state index in [-0.39, 0.29) is 5.41 Å². The van der Waals surface area contributed by atoms with E-state index < -0.39 is 0 Å². The number of Topliss-reactive ketones (excluding diaryl/α,β-unsaturated/α-hetero) is 2. The molecule has 4 fully saturated rings. The minimum Gasteiger partial charge on any atom is -0.300 e. The van der Waals surface area contributed by atoms with Gasteiger partial charge in [0.15, 0.2) is 0 Å². The summed E-state index contributed by atoms with van der Waals surface area (Å²) in [6.45, 7) is 6.74. The van der Waals surface area contributed by atoms with Gasteiger partial charge in [0.2, 0.25) is 0 Å². The number of ketones is 2. The summed E-state index contributed by atoms with van der Waals surface area (Å²) in [5.74, 6) is 4.25. The van der Waals surface area contributed by atoms with Crippen LogP contribution in [0.25, 0.3) is 0 Å². The molecule has 0 saturated heterocycles. The Hall–Kier alpha value is -0.660. The summed E-state index contributed by atoms with van der Waals surface area (Å²) >= 11 is 0. The van der Waals surface area contributed by atoms with Gasteiger partial charge in [-0.25, -0.2) is 0 Å². The van der Waals surface area contributed by atoms with Gasteiger partial charge in [-0.2, -0.15) is 0 Å². The molecular weight excluding hydrogens is 284 g/mol. The third-order valence-electron chi connectivity index (χ3n) is 8.97. The lowest BCUT2D eigenvalue weighted by atomic mass is 9.44. The van der Waals surface area contributed by atoms with Crippen molar-refractivity contribution in [1.82, 2.24) is 0 Å². The zero-order chi connectivity index (χ0) is 16.4. The minimum atomic E-state index is 0.265. The van der Waals surface area contributed by atoms with E-state index in [1.165, 1.54) is 32.1 Å². The van der Waals surface area contributed by atoms with E-state index in [1.54, 1.807) is 0 Å². The third kappa shape index (κ3) is 2.12. The topological polar surface area (TPSA) is 34.1 Å². The van der Waals surface area contributed by atoms with Crippen molar-refractivity contribution in [3.05, 3.63) is 0 Å². The van der Waals surface area contributed by atoms with E-state index in [1.807, 2.05) is 6.92 Å². The molecule has 0 bridgehead atoms. The molecule has 0 aliphatic heterocycles. The van der Waals surface area contributed by atoms with Crippen molar-refractivity contribution >= 4 is 11.6 Å². The number of hydrogen-bond donors (Lipinski definition) is 0. The number of carbonyl (C=O) groups excluding carboxylic acids is 2. The first-order chi connectivity index (χ1) is 10.9. The molecule has 1 unspecified atom stereocenters. The molecule has 0 heterocycles. The van der Waals surface area contributed by atoms with Crippen LogP contribution in [-0.2, 0) is 9.59 Å². The van der Waals surface area contributed by atoms with E-state index in [4.69, 9.17) is 0 Å². The average molecular weight is 316 g/mol. The smallest absolute Gasteiger partial charge is 0.133 e. The lowest BCUT2D eigenvalue weighted by Crippen LogP contribution is -2.53. The van der Waals surface area contributed by atoms with Gasteiger partial charge in [-0.15, -0.1) is 0 Å². The summed E-state index contributed by atoms with van der Waals surface area (Å²) in [5, 5.41) is 0. The fourth-order valence-electron chi connectivity index (χ4n) is 7.71. The fourth-order valence-corrected chi connectivity index (χ4v) is 7.71. The SMILES string of the molecule is CC(=O)[C@H]1CC[C@H]2[C@@H]3CCC4CC(=O)CC[C@]4(C)[C@H]3CC[C@]12C. The van der Waals surface area contributed by atoms with Crippen LogP contribution in [0.2, 0.25) is 0 Å². The molecule has 23 heavy (non-hydrogen) atoms. The maximum absolute atomic E-state index is 12.2. The Balaban J connectivity index is 1.63. The highest BCUT2D eigenvalue weighted by atomic mass is 16.1. The second kappa shape index (κ2) is 5.17. The van der Waals surface area contributed by atoms with Gasteiger partial charge in [-0.3, -0.25) is 9.59 Å². The van der Waals surface area contributed by atoms with E-state index >= 15 is 0 Å². The van der Waals surface area contributed by atoms with Crippen molar-refractivity contribution < 1.29 is 9.59 Å². The van der Waals surface area contributed by atoms with Crippen molar-refractivity contribution in [2.24, 2.45) is 40.4 Å². The Morgan fingerprint density at radius 3 is 2.43 bits per heavy atom. The van der Waals surface area contributed by atoms with Crippen molar-refractivity contribution in [2.75, 3.05) is 0 Å². The number of fused-ring (bicyclic) bond motifs is 5. The number of carbonyl (C=O) groups is 2. The highest BCUT2D eigenvalue weighted by Gasteiger charge is 2.60. The van der Waals surface area contributed by atoms with Crippen molar-refractivity contribution in [3.8, 4) is 0 Å². The fraction of sp³-hybridized carbons (Fsp3) is 0.905. The summed E-state index contributed by atoms with van der Waals surface area (Å²) in [6, 6.07) is 0. The predicted molar refractivity (Wildman–Crippen MR) is 90.9 cm³/mol. The Kier molecular flexibility index (Phi) is 3.56. The zero-order valence-corrected chi connectivity index (χ0v) is 15.1. The van der Waals surface area contributed by atoms with Gasteiger partial charge in [0.25, 0.3) is 0 Å². The van der Waals surface area contributed by atoms with Crippen LogP contribution in [0.4, 0.5) is 0 Å². The van der Waals surface area contributed by atoms with Gasteiger partial charge in [0.05, 0.1) is 0 Å². The van der Waals surface area contributed by atoms with Crippen LogP contribution in [0.3, 0.4) is 0 Å². The van der Waals surface area contributed by atoms with Gasteiger partial charge in [0.1, 0.15) is 11.6 Å². The van der Waals surface area contributed by atoms with Crippen LogP contribution in [0, 0.1) is 40.4 Å². The molecule has 4 aliphatic carbocycles. The van der Waals surface area contributed by atoms with Crippen molar-refractivity contribution in [1.29, 1.82) is 0 Å². The van der Waals surface area contributed by atoms with E-state index in [0.717, 1.165) is 43.4 Å². The van der Waals surface area contributed by atoms with Crippen molar-refractivity contribution in [2.45, 2.75) is 78.6 Å². The van der Waals surface area contributed by atoms with E-state index in [9.17, 15) is 9.59 Å².